The van der Waals surface area contributed by atoms with Crippen molar-refractivity contribution >= 4 is 17.6 Å². The van der Waals surface area contributed by atoms with Gasteiger partial charge in [0.05, 0.1) is 17.8 Å². The Morgan fingerprint density at radius 3 is 2.42 bits per heavy atom. The molecule has 3 aromatic carbocycles. The molecule has 0 aromatic heterocycles. The van der Waals surface area contributed by atoms with E-state index in [1.807, 2.05) is 6.92 Å². The van der Waals surface area contributed by atoms with Gasteiger partial charge >= 0.3 is 12.1 Å². The lowest BCUT2D eigenvalue weighted by atomic mass is 9.83. The van der Waals surface area contributed by atoms with Crippen molar-refractivity contribution in [3.63, 3.8) is 0 Å². The molecule has 0 saturated carbocycles. The van der Waals surface area contributed by atoms with Gasteiger partial charge in [-0.25, -0.2) is 9.18 Å². The number of hydrogen-bond acceptors (Lipinski definition) is 4. The highest BCUT2D eigenvalue weighted by Gasteiger charge is 2.38. The fraction of sp³-hybridized carbons (Fsp3) is 0.394. The van der Waals surface area contributed by atoms with Crippen molar-refractivity contribution in [2.75, 3.05) is 18.1 Å². The van der Waals surface area contributed by atoms with E-state index in [0.29, 0.717) is 58.5 Å². The summed E-state index contributed by atoms with van der Waals surface area (Å²) in [6.45, 7) is 9.28. The first-order valence-corrected chi connectivity index (χ1v) is 14.1. The van der Waals surface area contributed by atoms with Crippen LogP contribution in [0.25, 0.3) is 11.1 Å². The second kappa shape index (κ2) is 11.0. The van der Waals surface area contributed by atoms with E-state index in [-0.39, 0.29) is 24.3 Å². The number of carbonyl (C=O) groups excluding carboxylic acids is 1. The van der Waals surface area contributed by atoms with E-state index in [0.717, 1.165) is 17.7 Å². The summed E-state index contributed by atoms with van der Waals surface area (Å²) in [6, 6.07) is 7.26. The van der Waals surface area contributed by atoms with Crippen LogP contribution in [-0.2, 0) is 28.5 Å². The SMILES string of the molecule is Cc1cc2c(c(-c3cc(F)c4c(c3C)CCCO4)c1C(OC(C)(C)C)C(=O)O)CCN2C(=O)c1cccc(C(F)(F)F)c1. The Hall–Kier alpha value is -3.92. The van der Waals surface area contributed by atoms with Crippen molar-refractivity contribution in [2.24, 2.45) is 0 Å². The zero-order chi connectivity index (χ0) is 31.4. The second-order valence-corrected chi connectivity index (χ2v) is 12.0. The molecule has 0 spiro atoms. The second-order valence-electron chi connectivity index (χ2n) is 12.0. The van der Waals surface area contributed by atoms with Crippen LogP contribution >= 0.6 is 0 Å². The van der Waals surface area contributed by atoms with Crippen LogP contribution in [0.3, 0.4) is 0 Å². The van der Waals surface area contributed by atoms with Gasteiger partial charge in [0, 0.05) is 28.9 Å². The van der Waals surface area contributed by atoms with Crippen LogP contribution < -0.4 is 9.64 Å². The van der Waals surface area contributed by atoms with Crippen LogP contribution in [0.15, 0.2) is 36.4 Å². The molecule has 2 aliphatic rings. The van der Waals surface area contributed by atoms with Crippen LogP contribution in [0.4, 0.5) is 23.2 Å². The van der Waals surface area contributed by atoms with Gasteiger partial charge in [-0.3, -0.25) is 4.79 Å². The molecule has 228 valence electrons. The lowest BCUT2D eigenvalue weighted by Gasteiger charge is -2.30. The molecular formula is C33H33F4NO5. The minimum absolute atomic E-state index is 0.126. The van der Waals surface area contributed by atoms with Crippen LogP contribution in [0, 0.1) is 19.7 Å². The number of rotatable bonds is 5. The van der Waals surface area contributed by atoms with Gasteiger partial charge in [0.1, 0.15) is 0 Å². The molecule has 6 nitrogen and oxygen atoms in total. The zero-order valence-corrected chi connectivity index (χ0v) is 24.6. The summed E-state index contributed by atoms with van der Waals surface area (Å²) in [5, 5.41) is 10.4. The van der Waals surface area contributed by atoms with Crippen LogP contribution in [0.2, 0.25) is 0 Å². The Morgan fingerprint density at radius 1 is 1.05 bits per heavy atom. The Balaban J connectivity index is 1.75. The number of halogens is 4. The Kier molecular flexibility index (Phi) is 7.79. The Bertz CT molecular complexity index is 1620. The topological polar surface area (TPSA) is 76.1 Å². The summed E-state index contributed by atoms with van der Waals surface area (Å²) in [7, 11) is 0. The number of aliphatic carboxylic acids is 1. The summed E-state index contributed by atoms with van der Waals surface area (Å²) in [4.78, 5) is 27.7. The first-order valence-electron chi connectivity index (χ1n) is 14.1. The molecule has 1 atom stereocenters. The monoisotopic (exact) mass is 599 g/mol. The number of alkyl halides is 3. The van der Waals surface area contributed by atoms with Gasteiger partial charge in [0.25, 0.3) is 5.91 Å². The Labute approximate surface area is 247 Å². The Morgan fingerprint density at radius 2 is 1.77 bits per heavy atom. The third kappa shape index (κ3) is 5.72. The summed E-state index contributed by atoms with van der Waals surface area (Å²) in [5.74, 6) is -2.24. The maximum Gasteiger partial charge on any atom is 0.416 e. The van der Waals surface area contributed by atoms with Gasteiger partial charge in [0.15, 0.2) is 17.7 Å². The van der Waals surface area contributed by atoms with Crippen molar-refractivity contribution in [1.29, 1.82) is 0 Å². The van der Waals surface area contributed by atoms with Gasteiger partial charge < -0.3 is 19.5 Å². The van der Waals surface area contributed by atoms with E-state index in [1.165, 1.54) is 23.1 Å². The molecule has 2 heterocycles. The number of hydrogen-bond donors (Lipinski definition) is 1. The molecule has 0 saturated heterocycles. The van der Waals surface area contributed by atoms with Crippen molar-refractivity contribution in [3.8, 4) is 16.9 Å². The first-order chi connectivity index (χ1) is 20.1. The lowest BCUT2D eigenvalue weighted by Crippen LogP contribution is -2.30. The van der Waals surface area contributed by atoms with E-state index in [2.05, 4.69) is 0 Å². The summed E-state index contributed by atoms with van der Waals surface area (Å²) < 4.78 is 67.5. The average molecular weight is 600 g/mol. The lowest BCUT2D eigenvalue weighted by molar-refractivity contribution is -0.160. The molecule has 0 aliphatic carbocycles. The molecule has 1 unspecified atom stereocenters. The highest BCUT2D eigenvalue weighted by atomic mass is 19.4. The molecule has 10 heteroatoms. The number of nitrogens with zero attached hydrogens (tertiary/aromatic N) is 1. The minimum atomic E-state index is -4.62. The summed E-state index contributed by atoms with van der Waals surface area (Å²) in [5.41, 5.74) is 2.31. The number of benzene rings is 3. The van der Waals surface area contributed by atoms with E-state index in [4.69, 9.17) is 9.47 Å². The predicted molar refractivity (Wildman–Crippen MR) is 153 cm³/mol. The minimum Gasteiger partial charge on any atom is -0.490 e. The number of ether oxygens (including phenoxy) is 2. The normalized spacial score (nSPS) is 15.5. The molecule has 0 bridgehead atoms. The van der Waals surface area contributed by atoms with Crippen molar-refractivity contribution in [2.45, 2.75) is 71.8 Å². The molecular weight excluding hydrogens is 566 g/mol. The fourth-order valence-electron chi connectivity index (χ4n) is 6.04. The number of carboxylic acid groups (broad SMARTS) is 1. The van der Waals surface area contributed by atoms with E-state index in [1.54, 1.807) is 33.8 Å². The van der Waals surface area contributed by atoms with Gasteiger partial charge in [0.2, 0.25) is 0 Å². The van der Waals surface area contributed by atoms with E-state index >= 15 is 4.39 Å². The van der Waals surface area contributed by atoms with Crippen LogP contribution in [-0.4, -0.2) is 35.7 Å². The molecule has 3 aromatic rings. The number of amides is 1. The molecule has 1 amide bonds. The number of anilines is 1. The molecule has 2 aliphatic heterocycles. The first kappa shape index (κ1) is 30.5. The van der Waals surface area contributed by atoms with Gasteiger partial charge in [-0.2, -0.15) is 13.2 Å². The molecule has 5 rings (SSSR count). The van der Waals surface area contributed by atoms with Crippen LogP contribution in [0.1, 0.15) is 77.0 Å². The van der Waals surface area contributed by atoms with Gasteiger partial charge in [-0.05, 0) is 112 Å². The van der Waals surface area contributed by atoms with E-state index < -0.39 is 41.1 Å². The zero-order valence-electron chi connectivity index (χ0n) is 24.6. The third-order valence-corrected chi connectivity index (χ3v) is 7.88. The van der Waals surface area contributed by atoms with Crippen molar-refractivity contribution in [1.82, 2.24) is 0 Å². The number of aryl methyl sites for hydroxylation is 1. The number of fused-ring (bicyclic) bond motifs is 2. The molecule has 0 radical (unpaired) electrons. The average Bonchev–Trinajstić information content (AvgIpc) is 3.35. The number of carboxylic acids is 1. The smallest absolute Gasteiger partial charge is 0.416 e. The fourth-order valence-corrected chi connectivity index (χ4v) is 6.04. The van der Waals surface area contributed by atoms with Crippen molar-refractivity contribution < 1.29 is 41.7 Å². The molecule has 1 N–H and O–H groups in total. The summed E-state index contributed by atoms with van der Waals surface area (Å²) >= 11 is 0. The van der Waals surface area contributed by atoms with Crippen molar-refractivity contribution in [3.05, 3.63) is 81.2 Å². The highest BCUT2D eigenvalue weighted by Crippen LogP contribution is 2.48. The standard InChI is InChI=1S/C33H33F4NO5/c1-17-14-25-22(11-12-38(25)30(39)19-8-6-9-20(15-19)33(35,36)37)27(26(17)29(31(40)41)43-32(3,4)5)23-16-24(34)28-21(18(23)2)10-7-13-42-28/h6,8-9,14-16,29H,7,10-13H2,1-5H3,(H,40,41). The molecule has 43 heavy (non-hydrogen) atoms. The maximum atomic E-state index is 15.5. The highest BCUT2D eigenvalue weighted by molar-refractivity contribution is 6.08. The largest absolute Gasteiger partial charge is 0.490 e. The maximum absolute atomic E-state index is 15.5. The number of carbonyl (C=O) groups is 2. The van der Waals surface area contributed by atoms with E-state index in [9.17, 15) is 27.9 Å². The predicted octanol–water partition coefficient (Wildman–Crippen LogP) is 7.60. The van der Waals surface area contributed by atoms with Gasteiger partial charge in [-0.1, -0.05) is 6.07 Å². The third-order valence-electron chi connectivity index (χ3n) is 7.88. The quantitative estimate of drug-likeness (QED) is 0.306. The van der Waals surface area contributed by atoms with Gasteiger partial charge in [-0.15, -0.1) is 0 Å². The van der Waals surface area contributed by atoms with Crippen LogP contribution in [0.5, 0.6) is 5.75 Å². The molecule has 0 fully saturated rings. The summed E-state index contributed by atoms with van der Waals surface area (Å²) in [6.07, 6.45) is -4.48.